The number of pyridine rings is 1. The Bertz CT molecular complexity index is 1560. The molecule has 0 saturated carbocycles. The molecular weight excluding hydrogens is 468 g/mol. The summed E-state index contributed by atoms with van der Waals surface area (Å²) in [6.07, 6.45) is 9.11. The van der Waals surface area contributed by atoms with Crippen LogP contribution in [0.15, 0.2) is 53.8 Å². The number of imidazole rings is 1. The van der Waals surface area contributed by atoms with Crippen LogP contribution in [-0.2, 0) is 39.5 Å². The van der Waals surface area contributed by atoms with Gasteiger partial charge in [-0.25, -0.2) is 15.0 Å². The second-order valence-corrected chi connectivity index (χ2v) is 9.65. The minimum Gasteiger partial charge on any atom is -0.392 e. The van der Waals surface area contributed by atoms with Crippen molar-refractivity contribution < 1.29 is 9.90 Å². The fraction of sp³-hybridized carbons (Fsp3) is 0.321. The molecule has 0 unspecified atom stereocenters. The Hall–Kier alpha value is -4.11. The molecule has 0 bridgehead atoms. The van der Waals surface area contributed by atoms with Crippen molar-refractivity contribution in [2.75, 3.05) is 11.4 Å². The first-order valence-electron chi connectivity index (χ1n) is 12.6. The van der Waals surface area contributed by atoms with E-state index in [1.54, 1.807) is 35.0 Å². The third-order valence-corrected chi connectivity index (χ3v) is 7.39. The van der Waals surface area contributed by atoms with E-state index in [2.05, 4.69) is 14.5 Å². The van der Waals surface area contributed by atoms with Crippen molar-refractivity contribution in [3.8, 4) is 11.1 Å². The van der Waals surface area contributed by atoms with E-state index >= 15 is 0 Å². The van der Waals surface area contributed by atoms with E-state index in [4.69, 9.17) is 4.98 Å². The average molecular weight is 497 g/mol. The van der Waals surface area contributed by atoms with Crippen LogP contribution in [0.1, 0.15) is 51.7 Å². The summed E-state index contributed by atoms with van der Waals surface area (Å²) in [4.78, 5) is 41.2. The normalized spacial score (nSPS) is 15.0. The number of carbonyl (C=O) groups is 1. The first-order valence-corrected chi connectivity index (χ1v) is 12.6. The molecule has 0 aliphatic carbocycles. The monoisotopic (exact) mass is 496 g/mol. The van der Waals surface area contributed by atoms with Gasteiger partial charge in [0.1, 0.15) is 17.8 Å². The van der Waals surface area contributed by atoms with Crippen LogP contribution >= 0.6 is 0 Å². The fourth-order valence-electron chi connectivity index (χ4n) is 5.58. The molecular formula is C28H28N6O3. The molecule has 9 heteroatoms. The topological polar surface area (TPSA) is 106 Å². The van der Waals surface area contributed by atoms with Crippen LogP contribution < -0.4 is 10.5 Å². The highest BCUT2D eigenvalue weighted by atomic mass is 16.3. The zero-order chi connectivity index (χ0) is 25.5. The summed E-state index contributed by atoms with van der Waals surface area (Å²) in [5.41, 5.74) is 5.70. The molecule has 9 nitrogen and oxygen atoms in total. The molecule has 5 heterocycles. The number of aryl methyl sites for hydroxylation is 2. The maximum absolute atomic E-state index is 13.6. The van der Waals surface area contributed by atoms with Gasteiger partial charge in [-0.15, -0.1) is 0 Å². The van der Waals surface area contributed by atoms with Gasteiger partial charge in [0.25, 0.3) is 11.5 Å². The predicted molar refractivity (Wildman–Crippen MR) is 138 cm³/mol. The van der Waals surface area contributed by atoms with Crippen LogP contribution in [0.3, 0.4) is 0 Å². The molecule has 188 valence electrons. The number of aromatic nitrogens is 5. The van der Waals surface area contributed by atoms with Crippen molar-refractivity contribution in [1.82, 2.24) is 24.1 Å². The Morgan fingerprint density at radius 1 is 1.08 bits per heavy atom. The Balaban J connectivity index is 1.40. The molecule has 0 radical (unpaired) electrons. The quantitative estimate of drug-likeness (QED) is 0.455. The Morgan fingerprint density at radius 2 is 1.97 bits per heavy atom. The highest BCUT2D eigenvalue weighted by Crippen LogP contribution is 2.35. The fourth-order valence-corrected chi connectivity index (χ4v) is 5.58. The lowest BCUT2D eigenvalue weighted by molar-refractivity contribution is 0.0975. The van der Waals surface area contributed by atoms with Crippen molar-refractivity contribution in [1.29, 1.82) is 0 Å². The second-order valence-electron chi connectivity index (χ2n) is 9.65. The number of fused-ring (bicyclic) bond motifs is 3. The van der Waals surface area contributed by atoms with Gasteiger partial charge in [-0.1, -0.05) is 12.1 Å². The molecule has 0 atom stereocenters. The summed E-state index contributed by atoms with van der Waals surface area (Å²) in [6.45, 7) is 1.21. The number of aliphatic hydroxyl groups excluding tert-OH is 1. The highest BCUT2D eigenvalue weighted by molar-refractivity contribution is 6.07. The number of hydrogen-bond donors (Lipinski definition) is 1. The van der Waals surface area contributed by atoms with E-state index < -0.39 is 0 Å². The van der Waals surface area contributed by atoms with Crippen molar-refractivity contribution in [2.45, 2.75) is 45.3 Å². The lowest BCUT2D eigenvalue weighted by Gasteiger charge is -2.29. The zero-order valence-electron chi connectivity index (χ0n) is 20.7. The number of hydrogen-bond acceptors (Lipinski definition) is 6. The van der Waals surface area contributed by atoms with E-state index in [0.29, 0.717) is 35.5 Å². The minimum atomic E-state index is -0.244. The Kier molecular flexibility index (Phi) is 5.92. The summed E-state index contributed by atoms with van der Waals surface area (Å²) in [6, 6.07) is 9.31. The lowest BCUT2D eigenvalue weighted by Crippen LogP contribution is -2.39. The molecule has 0 fully saturated rings. The molecule has 2 aliphatic rings. The number of aliphatic hydroxyl groups is 1. The standard InChI is InChI=1S/C28H28N6O3/c1-32-15-19(13-18(27(32)36)14-20-8-10-29-17-30-20)21-5-4-6-23(22(21)16-35)34-12-9-24-26(28(34)37)31-25-7-2-3-11-33(24)25/h4-6,8,10,13,15,17,35H,2-3,7,9,11-12,14,16H2,1H3. The molecule has 0 saturated heterocycles. The molecule has 2 aliphatic heterocycles. The summed E-state index contributed by atoms with van der Waals surface area (Å²) in [7, 11) is 1.72. The summed E-state index contributed by atoms with van der Waals surface area (Å²) < 4.78 is 3.77. The van der Waals surface area contributed by atoms with E-state index in [1.807, 2.05) is 24.3 Å². The van der Waals surface area contributed by atoms with Crippen LogP contribution in [-0.4, -0.2) is 41.6 Å². The minimum absolute atomic E-state index is 0.105. The van der Waals surface area contributed by atoms with Crippen LogP contribution in [0.4, 0.5) is 5.69 Å². The van der Waals surface area contributed by atoms with E-state index in [1.165, 1.54) is 6.33 Å². The lowest BCUT2D eigenvalue weighted by atomic mass is 9.96. The van der Waals surface area contributed by atoms with Crippen molar-refractivity contribution in [3.63, 3.8) is 0 Å². The van der Waals surface area contributed by atoms with Crippen molar-refractivity contribution in [3.05, 3.63) is 93.4 Å². The van der Waals surface area contributed by atoms with E-state index in [-0.39, 0.29) is 18.1 Å². The molecule has 3 aromatic heterocycles. The summed E-state index contributed by atoms with van der Waals surface area (Å²) >= 11 is 0. The molecule has 6 rings (SSSR count). The summed E-state index contributed by atoms with van der Waals surface area (Å²) in [5, 5.41) is 10.5. The maximum Gasteiger partial charge on any atom is 0.278 e. The molecule has 4 aromatic rings. The molecule has 1 amide bonds. The highest BCUT2D eigenvalue weighted by Gasteiger charge is 2.33. The van der Waals surface area contributed by atoms with Crippen molar-refractivity contribution >= 4 is 11.6 Å². The molecule has 0 spiro atoms. The number of carbonyl (C=O) groups excluding carboxylic acids is 1. The Morgan fingerprint density at radius 3 is 2.78 bits per heavy atom. The zero-order valence-corrected chi connectivity index (χ0v) is 20.7. The number of rotatable bonds is 5. The first kappa shape index (κ1) is 23.3. The smallest absolute Gasteiger partial charge is 0.278 e. The predicted octanol–water partition coefficient (Wildman–Crippen LogP) is 2.66. The van der Waals surface area contributed by atoms with Gasteiger partial charge in [0.05, 0.1) is 18.0 Å². The van der Waals surface area contributed by atoms with Crippen molar-refractivity contribution in [2.24, 2.45) is 7.05 Å². The molecule has 37 heavy (non-hydrogen) atoms. The van der Waals surface area contributed by atoms with Gasteiger partial charge >= 0.3 is 0 Å². The average Bonchev–Trinajstić information content (AvgIpc) is 3.31. The van der Waals surface area contributed by atoms with E-state index in [9.17, 15) is 14.7 Å². The number of benzene rings is 1. The van der Waals surface area contributed by atoms with E-state index in [0.717, 1.165) is 60.6 Å². The van der Waals surface area contributed by atoms with Crippen LogP contribution in [0, 0.1) is 0 Å². The largest absolute Gasteiger partial charge is 0.392 e. The van der Waals surface area contributed by atoms with Gasteiger partial charge < -0.3 is 19.1 Å². The third-order valence-electron chi connectivity index (χ3n) is 7.39. The van der Waals surface area contributed by atoms with Crippen LogP contribution in [0.5, 0.6) is 0 Å². The van der Waals surface area contributed by atoms with Gasteiger partial charge in [0.2, 0.25) is 0 Å². The number of amides is 1. The van der Waals surface area contributed by atoms with Crippen LogP contribution in [0.25, 0.3) is 11.1 Å². The second kappa shape index (κ2) is 9.40. The number of anilines is 1. The van der Waals surface area contributed by atoms with Gasteiger partial charge in [0.15, 0.2) is 0 Å². The van der Waals surface area contributed by atoms with Gasteiger partial charge in [-0.2, -0.15) is 0 Å². The van der Waals surface area contributed by atoms with Crippen LogP contribution in [0.2, 0.25) is 0 Å². The molecule has 1 aromatic carbocycles. The maximum atomic E-state index is 13.6. The summed E-state index contributed by atoms with van der Waals surface area (Å²) in [5.74, 6) is 0.879. The Labute approximate surface area is 214 Å². The number of nitrogens with zero attached hydrogens (tertiary/aromatic N) is 6. The van der Waals surface area contributed by atoms with Gasteiger partial charge in [-0.3, -0.25) is 9.59 Å². The first-order chi connectivity index (χ1) is 18.0. The third kappa shape index (κ3) is 4.05. The SMILES string of the molecule is Cn1cc(-c2cccc(N3CCc4c(nc5n4CCCC5)C3=O)c2CO)cc(Cc2ccncn2)c1=O. The van der Waals surface area contributed by atoms with Gasteiger partial charge in [0, 0.05) is 68.6 Å². The molecule has 1 N–H and O–H groups in total. The van der Waals surface area contributed by atoms with Gasteiger partial charge in [-0.05, 0) is 42.2 Å².